The number of nitrogens with zero attached hydrogens (tertiary/aromatic N) is 2. The second-order valence-corrected chi connectivity index (χ2v) is 19.7. The molecule has 15 rings (SSSR count). The van der Waals surface area contributed by atoms with E-state index in [0.29, 0.717) is 11.8 Å². The number of anilines is 6. The van der Waals surface area contributed by atoms with Crippen LogP contribution < -0.4 is 9.80 Å². The van der Waals surface area contributed by atoms with Gasteiger partial charge in [0.1, 0.15) is 0 Å². The molecule has 0 aliphatic heterocycles. The van der Waals surface area contributed by atoms with Crippen molar-refractivity contribution in [1.29, 1.82) is 0 Å². The van der Waals surface area contributed by atoms with Crippen LogP contribution in [0, 0.1) is 30.6 Å². The highest BCUT2D eigenvalue weighted by Gasteiger charge is 2.61. The second kappa shape index (κ2) is 14.2. The van der Waals surface area contributed by atoms with Gasteiger partial charge < -0.3 is 9.80 Å². The molecule has 0 amide bonds. The van der Waals surface area contributed by atoms with Gasteiger partial charge in [0.15, 0.2) is 0 Å². The summed E-state index contributed by atoms with van der Waals surface area (Å²) < 4.78 is 0. The van der Waals surface area contributed by atoms with E-state index in [-0.39, 0.29) is 5.41 Å². The van der Waals surface area contributed by atoms with Crippen LogP contribution in [0.2, 0.25) is 0 Å². The predicted molar refractivity (Wildman–Crippen MR) is 273 cm³/mol. The molecule has 5 aliphatic rings. The van der Waals surface area contributed by atoms with E-state index in [1.54, 1.807) is 11.1 Å². The Morgan fingerprint density at radius 2 is 0.862 bits per heavy atom. The fourth-order valence-electron chi connectivity index (χ4n) is 14.2. The van der Waals surface area contributed by atoms with E-state index >= 15 is 0 Å². The van der Waals surface area contributed by atoms with E-state index in [0.717, 1.165) is 23.2 Å². The van der Waals surface area contributed by atoms with Crippen LogP contribution in [0.1, 0.15) is 48.8 Å². The van der Waals surface area contributed by atoms with Gasteiger partial charge in [-0.25, -0.2) is 0 Å². The van der Waals surface area contributed by atoms with Crippen LogP contribution in [0.25, 0.3) is 54.6 Å². The Bertz CT molecular complexity index is 3390. The third kappa shape index (κ3) is 5.40. The second-order valence-electron chi connectivity index (χ2n) is 19.7. The molecule has 10 aromatic rings. The van der Waals surface area contributed by atoms with Gasteiger partial charge in [0.05, 0.1) is 11.4 Å². The van der Waals surface area contributed by atoms with Crippen LogP contribution in [-0.4, -0.2) is 0 Å². The van der Waals surface area contributed by atoms with Crippen LogP contribution in [0.5, 0.6) is 0 Å². The van der Waals surface area contributed by atoms with E-state index in [2.05, 4.69) is 217 Å². The number of aryl methyl sites for hydroxylation is 1. The van der Waals surface area contributed by atoms with Gasteiger partial charge in [-0.3, -0.25) is 0 Å². The molecule has 65 heavy (non-hydrogen) atoms. The lowest BCUT2D eigenvalue weighted by Gasteiger charge is -2.61. The molecule has 0 heterocycles. The molecule has 4 bridgehead atoms. The zero-order valence-electron chi connectivity index (χ0n) is 36.8. The molecule has 0 unspecified atom stereocenters. The normalized spacial score (nSPS) is 21.4. The fraction of sp³-hybridized carbons (Fsp3) is 0.175. The van der Waals surface area contributed by atoms with E-state index < -0.39 is 0 Å². The van der Waals surface area contributed by atoms with Crippen LogP contribution in [0.4, 0.5) is 34.1 Å². The maximum Gasteiger partial charge on any atom is 0.0540 e. The first-order valence-corrected chi connectivity index (χ1v) is 23.9. The summed E-state index contributed by atoms with van der Waals surface area (Å²) in [5, 5.41) is 7.66. The predicted octanol–water partition coefficient (Wildman–Crippen LogP) is 17.2. The number of rotatable bonds is 7. The lowest BCUT2D eigenvalue weighted by molar-refractivity contribution is -0.0399. The number of hydrogen-bond donors (Lipinski definition) is 0. The molecule has 5 aliphatic carbocycles. The Labute approximate surface area is 381 Å². The van der Waals surface area contributed by atoms with E-state index in [1.807, 2.05) is 0 Å². The minimum absolute atomic E-state index is 0.0799. The Morgan fingerprint density at radius 3 is 1.45 bits per heavy atom. The van der Waals surface area contributed by atoms with Crippen LogP contribution in [0.3, 0.4) is 0 Å². The molecule has 4 saturated carbocycles. The summed E-state index contributed by atoms with van der Waals surface area (Å²) in [6.45, 7) is 2.28. The summed E-state index contributed by atoms with van der Waals surface area (Å²) in [5.41, 5.74) is 17.1. The van der Waals surface area contributed by atoms with Crippen molar-refractivity contribution in [2.45, 2.75) is 44.4 Å². The first kappa shape index (κ1) is 37.2. The van der Waals surface area contributed by atoms with Crippen LogP contribution >= 0.6 is 0 Å². The fourth-order valence-corrected chi connectivity index (χ4v) is 14.2. The molecule has 2 heteroatoms. The van der Waals surface area contributed by atoms with Crippen molar-refractivity contribution >= 4 is 66.4 Å². The number of benzene rings is 10. The van der Waals surface area contributed by atoms with Crippen molar-refractivity contribution < 1.29 is 0 Å². The summed E-state index contributed by atoms with van der Waals surface area (Å²) >= 11 is 0. The highest BCUT2D eigenvalue weighted by Crippen LogP contribution is 2.69. The standard InChI is InChI=1S/C63H50N2/c1-40-33-50(25-29-52(40)43-13-5-2-6-14-43)65(51-26-30-54-53-19-11-12-20-57(53)63(58(54)39-51)46-35-41-34-42(37-46)38-47(63)36-41)60-32-24-45-21-27-55-59(31-23-44-22-28-56(60)62(45)61(44)55)64(48-15-7-3-8-16-48)49-17-9-4-10-18-49/h2-33,39,41-42,46-47H,34-38H2,1H3. The molecule has 10 aromatic carbocycles. The average Bonchev–Trinajstić information content (AvgIpc) is 3.64. The van der Waals surface area contributed by atoms with Crippen molar-refractivity contribution in [3.8, 4) is 22.3 Å². The molecule has 4 fully saturated rings. The van der Waals surface area contributed by atoms with Gasteiger partial charge in [0, 0.05) is 38.9 Å². The minimum Gasteiger partial charge on any atom is -0.310 e. The van der Waals surface area contributed by atoms with Crippen molar-refractivity contribution in [2.24, 2.45) is 23.7 Å². The minimum atomic E-state index is 0.0799. The Kier molecular flexibility index (Phi) is 8.12. The van der Waals surface area contributed by atoms with Gasteiger partial charge >= 0.3 is 0 Å². The average molecular weight is 835 g/mol. The van der Waals surface area contributed by atoms with E-state index in [9.17, 15) is 0 Å². The third-order valence-electron chi connectivity index (χ3n) is 16.5. The van der Waals surface area contributed by atoms with Gasteiger partial charge in [-0.05, 0) is 184 Å². The van der Waals surface area contributed by atoms with Gasteiger partial charge in [0.2, 0.25) is 0 Å². The Hall–Kier alpha value is -7.16. The highest BCUT2D eigenvalue weighted by atomic mass is 15.1. The highest BCUT2D eigenvalue weighted by molar-refractivity contribution is 6.28. The molecule has 0 aromatic heterocycles. The summed E-state index contributed by atoms with van der Waals surface area (Å²) in [4.78, 5) is 5.01. The van der Waals surface area contributed by atoms with Crippen molar-refractivity contribution in [3.05, 3.63) is 217 Å². The van der Waals surface area contributed by atoms with E-state index in [4.69, 9.17) is 0 Å². The third-order valence-corrected chi connectivity index (χ3v) is 16.5. The van der Waals surface area contributed by atoms with Gasteiger partial charge in [-0.15, -0.1) is 0 Å². The van der Waals surface area contributed by atoms with Gasteiger partial charge in [0.25, 0.3) is 0 Å². The molecule has 0 N–H and O–H groups in total. The van der Waals surface area contributed by atoms with Crippen LogP contribution in [-0.2, 0) is 5.41 Å². The molecule has 0 radical (unpaired) electrons. The van der Waals surface area contributed by atoms with Crippen molar-refractivity contribution in [3.63, 3.8) is 0 Å². The lowest BCUT2D eigenvalue weighted by atomic mass is 9.43. The maximum atomic E-state index is 2.66. The lowest BCUT2D eigenvalue weighted by Crippen LogP contribution is -2.55. The zero-order chi connectivity index (χ0) is 42.8. The molecule has 312 valence electrons. The molecular formula is C63H50N2. The van der Waals surface area contributed by atoms with Gasteiger partial charge in [-0.2, -0.15) is 0 Å². The Morgan fingerprint density at radius 1 is 0.385 bits per heavy atom. The largest absolute Gasteiger partial charge is 0.310 e. The topological polar surface area (TPSA) is 6.48 Å². The molecular weight excluding hydrogens is 785 g/mol. The smallest absolute Gasteiger partial charge is 0.0540 e. The first-order valence-electron chi connectivity index (χ1n) is 23.9. The quantitative estimate of drug-likeness (QED) is 0.148. The zero-order valence-corrected chi connectivity index (χ0v) is 36.8. The molecule has 0 saturated heterocycles. The summed E-state index contributed by atoms with van der Waals surface area (Å²) in [6.07, 6.45) is 6.95. The summed E-state index contributed by atoms with van der Waals surface area (Å²) in [5.74, 6) is 3.20. The van der Waals surface area contributed by atoms with Crippen LogP contribution in [0.15, 0.2) is 200 Å². The number of para-hydroxylation sites is 2. The monoisotopic (exact) mass is 834 g/mol. The summed E-state index contributed by atoms with van der Waals surface area (Å²) in [7, 11) is 0. The van der Waals surface area contributed by atoms with Crippen molar-refractivity contribution in [2.75, 3.05) is 9.80 Å². The molecule has 2 nitrogen and oxygen atoms in total. The Balaban J connectivity index is 1.00. The molecule has 1 spiro atoms. The van der Waals surface area contributed by atoms with Crippen molar-refractivity contribution in [1.82, 2.24) is 0 Å². The SMILES string of the molecule is Cc1cc(N(c2ccc3c(c2)C2(c4ccccc4-3)C3CC4CC(C3)CC2C4)c2ccc3ccc4c(N(c5ccccc5)c5ccccc5)ccc5ccc2c3c54)ccc1-c1ccccc1. The summed E-state index contributed by atoms with van der Waals surface area (Å²) in [6, 6.07) is 75.6. The van der Waals surface area contributed by atoms with E-state index in [1.165, 1.54) is 115 Å². The number of hydrogen-bond acceptors (Lipinski definition) is 2. The maximum absolute atomic E-state index is 2.66. The number of fused-ring (bicyclic) bond motifs is 3. The van der Waals surface area contributed by atoms with Gasteiger partial charge in [-0.1, -0.05) is 140 Å². The first-order chi connectivity index (χ1) is 32.1. The molecule has 0 atom stereocenters.